The van der Waals surface area contributed by atoms with Gasteiger partial charge in [-0.05, 0) is 23.3 Å². The van der Waals surface area contributed by atoms with Crippen LogP contribution in [0.5, 0.6) is 0 Å². The molecule has 0 aliphatic carbocycles. The summed E-state index contributed by atoms with van der Waals surface area (Å²) in [7, 11) is 1.62. The zero-order valence-electron chi connectivity index (χ0n) is 7.93. The molecule has 1 N–H and O–H groups in total. The van der Waals surface area contributed by atoms with E-state index in [1.807, 2.05) is 24.3 Å². The Labute approximate surface area is 82.6 Å². The van der Waals surface area contributed by atoms with E-state index < -0.39 is 5.97 Å². The predicted molar refractivity (Wildman–Crippen MR) is 53.8 cm³/mol. The average molecular weight is 192 g/mol. The van der Waals surface area contributed by atoms with Crippen LogP contribution in [0.4, 0.5) is 0 Å². The monoisotopic (exact) mass is 192 g/mol. The first kappa shape index (κ1) is 10.5. The number of benzene rings is 1. The summed E-state index contributed by atoms with van der Waals surface area (Å²) in [6.45, 7) is 0.536. The number of ether oxygens (including phenoxy) is 1. The maximum absolute atomic E-state index is 10.3. The van der Waals surface area contributed by atoms with Crippen LogP contribution >= 0.6 is 0 Å². The number of hydrogen-bond acceptors (Lipinski definition) is 2. The van der Waals surface area contributed by atoms with Gasteiger partial charge in [0.05, 0.1) is 6.61 Å². The van der Waals surface area contributed by atoms with Crippen molar-refractivity contribution < 1.29 is 14.6 Å². The molecule has 0 spiro atoms. The van der Waals surface area contributed by atoms with E-state index in [0.29, 0.717) is 6.61 Å². The van der Waals surface area contributed by atoms with E-state index in [1.165, 1.54) is 0 Å². The molecule has 0 aromatic heterocycles. The zero-order valence-corrected chi connectivity index (χ0v) is 7.93. The summed E-state index contributed by atoms with van der Waals surface area (Å²) >= 11 is 0. The van der Waals surface area contributed by atoms with Crippen LogP contribution in [-0.2, 0) is 16.1 Å². The van der Waals surface area contributed by atoms with Crippen molar-refractivity contribution in [3.63, 3.8) is 0 Å². The fourth-order valence-corrected chi connectivity index (χ4v) is 1.12. The zero-order chi connectivity index (χ0) is 10.4. The highest BCUT2D eigenvalue weighted by atomic mass is 16.5. The summed E-state index contributed by atoms with van der Waals surface area (Å²) in [5.41, 5.74) is 1.89. The van der Waals surface area contributed by atoms with E-state index in [2.05, 4.69) is 0 Å². The van der Waals surface area contributed by atoms with Gasteiger partial charge in [0, 0.05) is 13.2 Å². The summed E-state index contributed by atoms with van der Waals surface area (Å²) in [4.78, 5) is 10.3. The summed E-state index contributed by atoms with van der Waals surface area (Å²) in [6.07, 6.45) is 2.67. The van der Waals surface area contributed by atoms with Gasteiger partial charge in [-0.3, -0.25) is 0 Å². The summed E-state index contributed by atoms with van der Waals surface area (Å²) in [5, 5.41) is 8.44. The lowest BCUT2D eigenvalue weighted by atomic mass is 10.1. The molecule has 1 aromatic carbocycles. The largest absolute Gasteiger partial charge is 0.478 e. The van der Waals surface area contributed by atoms with Crippen LogP contribution in [0, 0.1) is 0 Å². The molecule has 0 radical (unpaired) electrons. The van der Waals surface area contributed by atoms with Crippen molar-refractivity contribution in [2.24, 2.45) is 0 Å². The van der Waals surface area contributed by atoms with Crippen molar-refractivity contribution in [1.82, 2.24) is 0 Å². The Kier molecular flexibility index (Phi) is 3.88. The Morgan fingerprint density at radius 2 is 2.36 bits per heavy atom. The molecule has 1 aromatic rings. The Morgan fingerprint density at radius 3 is 3.00 bits per heavy atom. The average Bonchev–Trinajstić information content (AvgIpc) is 2.16. The number of aliphatic carboxylic acids is 1. The van der Waals surface area contributed by atoms with Gasteiger partial charge < -0.3 is 9.84 Å². The molecule has 0 heterocycles. The molecule has 0 amide bonds. The van der Waals surface area contributed by atoms with Gasteiger partial charge in [-0.15, -0.1) is 0 Å². The van der Waals surface area contributed by atoms with E-state index in [4.69, 9.17) is 9.84 Å². The van der Waals surface area contributed by atoms with Crippen LogP contribution in [0.15, 0.2) is 30.3 Å². The highest BCUT2D eigenvalue weighted by Crippen LogP contribution is 2.07. The minimum absolute atomic E-state index is 0.536. The second-order valence-corrected chi connectivity index (χ2v) is 2.85. The quantitative estimate of drug-likeness (QED) is 0.741. The molecule has 0 saturated heterocycles. The first-order chi connectivity index (χ1) is 6.72. The van der Waals surface area contributed by atoms with Crippen LogP contribution in [0.1, 0.15) is 11.1 Å². The van der Waals surface area contributed by atoms with Gasteiger partial charge >= 0.3 is 5.97 Å². The Bertz CT molecular complexity index is 342. The number of carboxylic acids is 1. The first-order valence-corrected chi connectivity index (χ1v) is 4.21. The van der Waals surface area contributed by atoms with Gasteiger partial charge in [-0.25, -0.2) is 4.79 Å². The van der Waals surface area contributed by atoms with Gasteiger partial charge in [0.2, 0.25) is 0 Å². The number of rotatable bonds is 4. The third-order valence-corrected chi connectivity index (χ3v) is 1.68. The summed E-state index contributed by atoms with van der Waals surface area (Å²) < 4.78 is 4.97. The van der Waals surface area contributed by atoms with Crippen LogP contribution in [0.25, 0.3) is 6.08 Å². The third kappa shape index (κ3) is 3.41. The van der Waals surface area contributed by atoms with Crippen molar-refractivity contribution in [2.75, 3.05) is 7.11 Å². The lowest BCUT2D eigenvalue weighted by Gasteiger charge is -2.00. The molecule has 14 heavy (non-hydrogen) atoms. The number of hydrogen-bond donors (Lipinski definition) is 1. The number of carbonyl (C=O) groups is 1. The molecular formula is C11H12O3. The predicted octanol–water partition coefficient (Wildman–Crippen LogP) is 1.93. The molecular weight excluding hydrogens is 180 g/mol. The second-order valence-electron chi connectivity index (χ2n) is 2.85. The van der Waals surface area contributed by atoms with Crippen LogP contribution < -0.4 is 0 Å². The molecule has 1 rings (SSSR count). The smallest absolute Gasteiger partial charge is 0.328 e. The normalized spacial score (nSPS) is 10.6. The fourth-order valence-electron chi connectivity index (χ4n) is 1.12. The molecule has 0 atom stereocenters. The minimum Gasteiger partial charge on any atom is -0.478 e. The van der Waals surface area contributed by atoms with E-state index in [0.717, 1.165) is 17.2 Å². The number of carboxylic acid groups (broad SMARTS) is 1. The molecule has 3 heteroatoms. The van der Waals surface area contributed by atoms with E-state index in [1.54, 1.807) is 13.2 Å². The highest BCUT2D eigenvalue weighted by Gasteiger charge is 1.93. The standard InChI is InChI=1S/C11H12O3/c1-14-8-10-4-2-3-9(7-10)5-6-11(12)13/h2-7H,8H2,1H3,(H,12,13)/b6-5+. The van der Waals surface area contributed by atoms with Crippen LogP contribution in [0.2, 0.25) is 0 Å². The van der Waals surface area contributed by atoms with Crippen molar-refractivity contribution in [3.8, 4) is 0 Å². The lowest BCUT2D eigenvalue weighted by Crippen LogP contribution is -1.88. The van der Waals surface area contributed by atoms with Gasteiger partial charge in [-0.1, -0.05) is 18.2 Å². The molecule has 74 valence electrons. The van der Waals surface area contributed by atoms with Gasteiger partial charge in [0.25, 0.3) is 0 Å². The van der Waals surface area contributed by atoms with Gasteiger partial charge in [-0.2, -0.15) is 0 Å². The Hall–Kier alpha value is -1.61. The molecule has 3 nitrogen and oxygen atoms in total. The lowest BCUT2D eigenvalue weighted by molar-refractivity contribution is -0.131. The van der Waals surface area contributed by atoms with Gasteiger partial charge in [0.1, 0.15) is 0 Å². The molecule has 0 unspecified atom stereocenters. The molecule has 0 fully saturated rings. The Balaban J connectivity index is 2.77. The topological polar surface area (TPSA) is 46.5 Å². The van der Waals surface area contributed by atoms with E-state index in [-0.39, 0.29) is 0 Å². The van der Waals surface area contributed by atoms with Crippen LogP contribution in [-0.4, -0.2) is 18.2 Å². The van der Waals surface area contributed by atoms with Crippen molar-refractivity contribution in [3.05, 3.63) is 41.5 Å². The second kappa shape index (κ2) is 5.19. The number of methoxy groups -OCH3 is 1. The third-order valence-electron chi connectivity index (χ3n) is 1.68. The van der Waals surface area contributed by atoms with Gasteiger partial charge in [0.15, 0.2) is 0 Å². The summed E-state index contributed by atoms with van der Waals surface area (Å²) in [5.74, 6) is -0.942. The first-order valence-electron chi connectivity index (χ1n) is 4.21. The molecule has 0 aliphatic heterocycles. The maximum atomic E-state index is 10.3. The molecule has 0 aliphatic rings. The molecule has 0 bridgehead atoms. The Morgan fingerprint density at radius 1 is 1.57 bits per heavy atom. The van der Waals surface area contributed by atoms with Crippen molar-refractivity contribution in [2.45, 2.75) is 6.61 Å². The van der Waals surface area contributed by atoms with Crippen molar-refractivity contribution in [1.29, 1.82) is 0 Å². The van der Waals surface area contributed by atoms with Crippen molar-refractivity contribution >= 4 is 12.0 Å². The maximum Gasteiger partial charge on any atom is 0.328 e. The van der Waals surface area contributed by atoms with E-state index in [9.17, 15) is 4.79 Å². The SMILES string of the molecule is COCc1cccc(/C=C/C(=O)O)c1. The highest BCUT2D eigenvalue weighted by molar-refractivity contribution is 5.85. The fraction of sp³-hybridized carbons (Fsp3) is 0.182. The van der Waals surface area contributed by atoms with Crippen LogP contribution in [0.3, 0.4) is 0 Å². The summed E-state index contributed by atoms with van der Waals surface area (Å²) in [6, 6.07) is 7.54. The van der Waals surface area contributed by atoms with E-state index >= 15 is 0 Å². The minimum atomic E-state index is -0.942. The molecule has 0 saturated carbocycles.